The summed E-state index contributed by atoms with van der Waals surface area (Å²) < 4.78 is 92.0. The number of fused-ring (bicyclic) bond motifs is 3. The highest BCUT2D eigenvalue weighted by Gasteiger charge is 2.33. The molecule has 4 aromatic carbocycles. The quantitative estimate of drug-likeness (QED) is 0.0196. The van der Waals surface area contributed by atoms with Gasteiger partial charge < -0.3 is 4.74 Å². The number of hydrogen-bond acceptors (Lipinski definition) is 20. The maximum atomic E-state index is 13.3. The largest absolute Gasteiger partial charge is 0.468 e. The molecular formula is C69H67F4N16O8S4+. The molecule has 24 nitrogen and oxygen atoms in total. The van der Waals surface area contributed by atoms with Gasteiger partial charge >= 0.3 is 5.97 Å². The highest BCUT2D eigenvalue weighted by atomic mass is 32.2. The number of Topliss-reactive ketones (excluding diaryl/α,β-unsaturated/α-hetero) is 1. The number of nitrogens with two attached hydrogens (primary N) is 1. The lowest BCUT2D eigenvalue weighted by atomic mass is 9.93. The molecule has 15 rings (SSSR count). The van der Waals surface area contributed by atoms with Crippen molar-refractivity contribution in [2.75, 3.05) is 45.2 Å². The van der Waals surface area contributed by atoms with Crippen LogP contribution in [0.25, 0.3) is 67.5 Å². The molecule has 0 saturated carbocycles. The van der Waals surface area contributed by atoms with E-state index in [1.807, 2.05) is 34.0 Å². The fourth-order valence-corrected chi connectivity index (χ4v) is 13.4. The predicted octanol–water partition coefficient (Wildman–Crippen LogP) is 8.73. The number of esters is 1. The van der Waals surface area contributed by atoms with Crippen molar-refractivity contribution in [2.45, 2.75) is 91.5 Å². The van der Waals surface area contributed by atoms with E-state index in [1.54, 1.807) is 67.7 Å². The van der Waals surface area contributed by atoms with Gasteiger partial charge in [0.25, 0.3) is 16.7 Å². The Morgan fingerprint density at radius 2 is 0.842 bits per heavy atom. The zero-order valence-corrected chi connectivity index (χ0v) is 58.4. The van der Waals surface area contributed by atoms with Crippen LogP contribution in [-0.2, 0) is 58.6 Å². The normalized spacial score (nSPS) is 13.6. The third-order valence-electron chi connectivity index (χ3n) is 16.4. The molecule has 0 amide bonds. The summed E-state index contributed by atoms with van der Waals surface area (Å²) >= 11 is 4.19. The first kappa shape index (κ1) is 72.3. The highest BCUT2D eigenvalue weighted by Crippen LogP contribution is 2.36. The van der Waals surface area contributed by atoms with Crippen molar-refractivity contribution in [1.29, 1.82) is 0 Å². The summed E-state index contributed by atoms with van der Waals surface area (Å²) in [5.74, 6) is -3.92. The highest BCUT2D eigenvalue weighted by molar-refractivity contribution is 7.98. The summed E-state index contributed by atoms with van der Waals surface area (Å²) in [6.45, 7) is 6.55. The van der Waals surface area contributed by atoms with E-state index in [4.69, 9.17) is 4.74 Å². The number of quaternary nitrogens is 1. The van der Waals surface area contributed by atoms with E-state index < -0.39 is 39.1 Å². The van der Waals surface area contributed by atoms with Gasteiger partial charge in [0.1, 0.15) is 34.9 Å². The molecule has 3 N–H and O–H groups in total. The lowest BCUT2D eigenvalue weighted by Gasteiger charge is -2.13. The van der Waals surface area contributed by atoms with E-state index in [0.29, 0.717) is 103 Å². The maximum absolute atomic E-state index is 13.3. The molecule has 0 spiro atoms. The van der Waals surface area contributed by atoms with Crippen LogP contribution in [0.15, 0.2) is 181 Å². The Kier molecular flexibility index (Phi) is 23.3. The molecular weight excluding hydrogens is 1390 g/mol. The molecule has 0 radical (unpaired) electrons. The standard InChI is InChI=1S/C17H15FN4O3S.2C17H15FN4OS.C15H13FN2O3S.C3H8N2/c1-26(24,25)17-19-8-7-13(20-17)15-14(11-3-5-12(18)6-4-11)16(23)22-10-2-9-21(15)22;2*1-24-17-19-8-7-13(20-17)15-14(11-3-5-12(18)6-4-11)16(23)22-10-2-9-21(15)22;1-21-14(20)12(9-3-5-10(16)6-4-9)13(19)11-7-8-17-15(18-11)22-2;1-2-4-5-3-1/h3-8H,2,9-10H2,1H3;2*3-8H,2,9-10H2,1H3;3-8,12H,1-2H3;4-5H,1-3H2/p+1. The number of hydrogen-bond donors (Lipinski definition) is 2. The number of methoxy groups -OCH3 is 1. The second-order valence-electron chi connectivity index (χ2n) is 22.9. The van der Waals surface area contributed by atoms with Crippen LogP contribution in [-0.4, -0.2) is 133 Å². The summed E-state index contributed by atoms with van der Waals surface area (Å²) in [6.07, 6.45) is 16.8. The van der Waals surface area contributed by atoms with Crippen molar-refractivity contribution in [3.05, 3.63) is 212 Å². The average molecular weight is 1450 g/mol. The van der Waals surface area contributed by atoms with Crippen molar-refractivity contribution in [1.82, 2.24) is 73.4 Å². The van der Waals surface area contributed by atoms with Crippen molar-refractivity contribution >= 4 is 56.9 Å². The average Bonchev–Trinajstić information content (AvgIpc) is 1.62. The van der Waals surface area contributed by atoms with Crippen LogP contribution in [0.5, 0.6) is 0 Å². The maximum Gasteiger partial charge on any atom is 0.321 e. The van der Waals surface area contributed by atoms with E-state index >= 15 is 0 Å². The van der Waals surface area contributed by atoms with E-state index in [2.05, 4.69) is 50.7 Å². The zero-order chi connectivity index (χ0) is 71.5. The second kappa shape index (κ2) is 32.6. The number of benzene rings is 4. The minimum absolute atomic E-state index is 0.0570. The molecule has 1 unspecified atom stereocenters. The molecule has 522 valence electrons. The lowest BCUT2D eigenvalue weighted by Crippen LogP contribution is -2.89. The summed E-state index contributed by atoms with van der Waals surface area (Å²) in [5.41, 5.74) is 12.7. The Hall–Kier alpha value is -9.99. The van der Waals surface area contributed by atoms with Crippen LogP contribution >= 0.6 is 35.3 Å². The smallest absolute Gasteiger partial charge is 0.321 e. The molecule has 101 heavy (non-hydrogen) atoms. The van der Waals surface area contributed by atoms with Crippen LogP contribution in [0.2, 0.25) is 0 Å². The number of aromatic nitrogens is 14. The second-order valence-corrected chi connectivity index (χ2v) is 27.1. The number of ketones is 1. The minimum atomic E-state index is -3.59. The van der Waals surface area contributed by atoms with Crippen molar-refractivity contribution in [2.24, 2.45) is 0 Å². The molecule has 11 aromatic rings. The van der Waals surface area contributed by atoms with Gasteiger partial charge in [-0.15, -0.1) is 0 Å². The number of halogens is 4. The SMILES string of the molecule is C1CN[NH2+]C1.COC(=O)C(C(=O)c1ccnc(SC)n1)c1ccc(F)cc1.CS(=O)(=O)c1nccc(-c2c(-c3ccc(F)cc3)c(=O)n3n2CCC3)n1.CSc1nccc(-c2c(-c3ccc(F)cc3)c(=O)n3n2CCC3)n1.CSc1nccc(-c2c(-c3ccc(F)cc3)c(=O)n3n2CCC3)n1. The number of nitrogens with one attached hydrogen (secondary N) is 1. The molecule has 11 heterocycles. The Bertz CT molecular complexity index is 4960. The molecule has 32 heteroatoms. The van der Waals surface area contributed by atoms with E-state index in [-0.39, 0.29) is 39.2 Å². The van der Waals surface area contributed by atoms with Crippen LogP contribution in [0.4, 0.5) is 17.6 Å². The van der Waals surface area contributed by atoms with Crippen molar-refractivity contribution in [3.8, 4) is 67.5 Å². The molecule has 1 fully saturated rings. The topological polar surface area (TPSA) is 290 Å². The molecule has 1 atom stereocenters. The van der Waals surface area contributed by atoms with Gasteiger partial charge in [-0.1, -0.05) is 83.8 Å². The van der Waals surface area contributed by atoms with Gasteiger partial charge in [-0.05, 0) is 133 Å². The van der Waals surface area contributed by atoms with Gasteiger partial charge in [-0.2, -0.15) is 5.43 Å². The zero-order valence-electron chi connectivity index (χ0n) is 55.2. The minimum Gasteiger partial charge on any atom is -0.468 e. The third kappa shape index (κ3) is 16.3. The van der Waals surface area contributed by atoms with Gasteiger partial charge in [0, 0.05) is 83.3 Å². The molecule has 1 saturated heterocycles. The van der Waals surface area contributed by atoms with Crippen LogP contribution in [0, 0.1) is 23.3 Å². The summed E-state index contributed by atoms with van der Waals surface area (Å²) in [6, 6.07) is 29.5. The van der Waals surface area contributed by atoms with Crippen molar-refractivity contribution < 1.29 is 45.7 Å². The number of thioether (sulfide) groups is 3. The summed E-state index contributed by atoms with van der Waals surface area (Å²) in [5, 5.41) is 1.44. The van der Waals surface area contributed by atoms with Gasteiger partial charge in [0.15, 0.2) is 21.3 Å². The van der Waals surface area contributed by atoms with Crippen LogP contribution < -0.4 is 27.5 Å². The number of ether oxygens (including phenoxy) is 1. The first-order valence-electron chi connectivity index (χ1n) is 31.7. The van der Waals surface area contributed by atoms with Gasteiger partial charge in [0.05, 0.1) is 64.5 Å². The number of nitrogens with zero attached hydrogens (tertiary/aromatic N) is 14. The van der Waals surface area contributed by atoms with Crippen molar-refractivity contribution in [3.63, 3.8) is 0 Å². The Balaban J connectivity index is 0.000000132. The molecule has 4 aliphatic rings. The Morgan fingerprint density at radius 1 is 0.485 bits per heavy atom. The van der Waals surface area contributed by atoms with Gasteiger partial charge in [-0.3, -0.25) is 43.4 Å². The number of sulfone groups is 1. The van der Waals surface area contributed by atoms with Crippen LogP contribution in [0.1, 0.15) is 47.7 Å². The fraction of sp³-hybridized carbons (Fsp3) is 0.261. The number of carbonyl (C=O) groups is 2. The molecule has 4 aliphatic heterocycles. The van der Waals surface area contributed by atoms with E-state index in [0.717, 1.165) is 50.0 Å². The summed E-state index contributed by atoms with van der Waals surface area (Å²) in [4.78, 5) is 96.9. The summed E-state index contributed by atoms with van der Waals surface area (Å²) in [7, 11) is -2.40. The van der Waals surface area contributed by atoms with Crippen LogP contribution in [0.3, 0.4) is 0 Å². The lowest BCUT2D eigenvalue weighted by molar-refractivity contribution is -0.691. The first-order valence-corrected chi connectivity index (χ1v) is 37.2. The predicted molar refractivity (Wildman–Crippen MR) is 375 cm³/mol. The fourth-order valence-electron chi connectivity index (χ4n) is 11.9. The Morgan fingerprint density at radius 3 is 1.19 bits per heavy atom. The number of rotatable bonds is 14. The van der Waals surface area contributed by atoms with E-state index in [9.17, 15) is 50.0 Å². The van der Waals surface area contributed by atoms with Gasteiger partial charge in [0.2, 0.25) is 15.0 Å². The number of carbonyl (C=O) groups excluding carboxylic acids is 2. The molecule has 7 aromatic heterocycles. The third-order valence-corrected chi connectivity index (χ3v) is 19.0. The molecule has 0 bridgehead atoms. The molecule has 0 aliphatic carbocycles. The van der Waals surface area contributed by atoms with Gasteiger partial charge in [-0.25, -0.2) is 79.9 Å². The first-order chi connectivity index (χ1) is 48.8. The monoisotopic (exact) mass is 1450 g/mol. The Labute approximate surface area is 588 Å². The van der Waals surface area contributed by atoms with E-state index in [1.165, 1.54) is 153 Å².